The van der Waals surface area contributed by atoms with Crippen molar-refractivity contribution in [2.24, 2.45) is 4.99 Å². The highest BCUT2D eigenvalue weighted by Gasteiger charge is 2.11. The van der Waals surface area contributed by atoms with E-state index in [-0.39, 0.29) is 0 Å². The zero-order chi connectivity index (χ0) is 12.1. The minimum absolute atomic E-state index is 0.316. The molecule has 0 saturated heterocycles. The number of hydrogen-bond donors (Lipinski definition) is 1. The van der Waals surface area contributed by atoms with Crippen LogP contribution >= 0.6 is 11.6 Å². The number of carboxylic acids is 1. The molecule has 1 aromatic rings. The van der Waals surface area contributed by atoms with Crippen LogP contribution in [0.1, 0.15) is 5.56 Å². The number of halogens is 1. The molecule has 5 heteroatoms. The van der Waals surface area contributed by atoms with E-state index in [0.29, 0.717) is 22.0 Å². The average molecular weight is 240 g/mol. The van der Waals surface area contributed by atoms with E-state index in [4.69, 9.17) is 21.4 Å². The van der Waals surface area contributed by atoms with Crippen LogP contribution in [0.15, 0.2) is 23.7 Å². The highest BCUT2D eigenvalue weighted by Crippen LogP contribution is 2.36. The lowest BCUT2D eigenvalue weighted by Gasteiger charge is -2.10. The van der Waals surface area contributed by atoms with Crippen molar-refractivity contribution in [3.63, 3.8) is 0 Å². The molecule has 0 saturated carbocycles. The summed E-state index contributed by atoms with van der Waals surface area (Å²) in [6.07, 6.45) is 1.51. The highest BCUT2D eigenvalue weighted by molar-refractivity contribution is 6.32. The maximum atomic E-state index is 10.4. The van der Waals surface area contributed by atoms with Crippen LogP contribution in [0.25, 0.3) is 6.08 Å². The third-order valence-electron chi connectivity index (χ3n) is 1.84. The molecule has 0 bridgehead atoms. The molecule has 0 aliphatic carbocycles. The second kappa shape index (κ2) is 5.32. The van der Waals surface area contributed by atoms with Gasteiger partial charge in [0.25, 0.3) is 0 Å². The van der Waals surface area contributed by atoms with Crippen LogP contribution in [-0.2, 0) is 4.79 Å². The SMILES string of the molecule is C=Cc1c(Cl)ccc(OCC(=O)O)c1N=C. The summed E-state index contributed by atoms with van der Waals surface area (Å²) in [6.45, 7) is 6.53. The van der Waals surface area contributed by atoms with E-state index in [9.17, 15) is 4.79 Å². The molecule has 0 aromatic heterocycles. The Morgan fingerprint density at radius 1 is 1.62 bits per heavy atom. The average Bonchev–Trinajstić information content (AvgIpc) is 2.26. The van der Waals surface area contributed by atoms with E-state index in [2.05, 4.69) is 18.3 Å². The first-order chi connectivity index (χ1) is 7.60. The van der Waals surface area contributed by atoms with E-state index in [1.165, 1.54) is 6.08 Å². The Balaban J connectivity index is 3.14. The van der Waals surface area contributed by atoms with Gasteiger partial charge in [0.15, 0.2) is 6.61 Å². The normalized spacial score (nSPS) is 9.56. The Bertz CT molecular complexity index is 443. The Morgan fingerprint density at radius 3 is 2.81 bits per heavy atom. The van der Waals surface area contributed by atoms with Crippen LogP contribution in [0, 0.1) is 0 Å². The van der Waals surface area contributed by atoms with E-state index in [1.807, 2.05) is 0 Å². The predicted octanol–water partition coefficient (Wildman–Crippen LogP) is 2.78. The van der Waals surface area contributed by atoms with Crippen molar-refractivity contribution in [1.82, 2.24) is 0 Å². The van der Waals surface area contributed by atoms with E-state index in [1.54, 1.807) is 12.1 Å². The van der Waals surface area contributed by atoms with E-state index >= 15 is 0 Å². The number of benzene rings is 1. The molecule has 0 fully saturated rings. The van der Waals surface area contributed by atoms with Crippen molar-refractivity contribution >= 4 is 36.1 Å². The van der Waals surface area contributed by atoms with Crippen molar-refractivity contribution in [3.8, 4) is 5.75 Å². The molecule has 0 aliphatic rings. The Morgan fingerprint density at radius 2 is 2.31 bits per heavy atom. The van der Waals surface area contributed by atoms with Gasteiger partial charge in [-0.25, -0.2) is 4.79 Å². The van der Waals surface area contributed by atoms with Gasteiger partial charge in [-0.1, -0.05) is 24.3 Å². The smallest absolute Gasteiger partial charge is 0.341 e. The Kier molecular flexibility index (Phi) is 4.08. The Labute approximate surface area is 97.8 Å². The zero-order valence-corrected chi connectivity index (χ0v) is 9.20. The number of nitrogens with zero attached hydrogens (tertiary/aromatic N) is 1. The summed E-state index contributed by atoms with van der Waals surface area (Å²) in [7, 11) is 0. The molecule has 0 aliphatic heterocycles. The molecule has 0 amide bonds. The van der Waals surface area contributed by atoms with Crippen LogP contribution in [0.5, 0.6) is 5.75 Å². The van der Waals surface area contributed by atoms with Gasteiger partial charge in [0.1, 0.15) is 11.4 Å². The molecule has 0 heterocycles. The molecule has 0 spiro atoms. The first-order valence-corrected chi connectivity index (χ1v) is 4.74. The second-order valence-corrected chi connectivity index (χ2v) is 3.26. The maximum Gasteiger partial charge on any atom is 0.341 e. The van der Waals surface area contributed by atoms with Crippen molar-refractivity contribution in [2.75, 3.05) is 6.61 Å². The number of aliphatic carboxylic acids is 1. The predicted molar refractivity (Wildman–Crippen MR) is 63.9 cm³/mol. The molecule has 1 aromatic carbocycles. The van der Waals surface area contributed by atoms with Gasteiger partial charge in [-0.15, -0.1) is 0 Å². The fraction of sp³-hybridized carbons (Fsp3) is 0.0909. The van der Waals surface area contributed by atoms with Gasteiger partial charge < -0.3 is 9.84 Å². The van der Waals surface area contributed by atoms with Gasteiger partial charge in [-0.2, -0.15) is 0 Å². The van der Waals surface area contributed by atoms with Crippen molar-refractivity contribution < 1.29 is 14.6 Å². The third kappa shape index (κ3) is 2.61. The molecule has 4 nitrogen and oxygen atoms in total. The van der Waals surface area contributed by atoms with Crippen LogP contribution in [0.2, 0.25) is 5.02 Å². The van der Waals surface area contributed by atoms with Gasteiger partial charge in [0, 0.05) is 5.56 Å². The largest absolute Gasteiger partial charge is 0.480 e. The molecule has 1 rings (SSSR count). The monoisotopic (exact) mass is 239 g/mol. The van der Waals surface area contributed by atoms with Crippen LogP contribution < -0.4 is 4.74 Å². The van der Waals surface area contributed by atoms with Gasteiger partial charge in [-0.3, -0.25) is 4.99 Å². The van der Waals surface area contributed by atoms with E-state index in [0.717, 1.165) is 0 Å². The summed E-state index contributed by atoms with van der Waals surface area (Å²) >= 11 is 5.91. The molecule has 0 radical (unpaired) electrons. The van der Waals surface area contributed by atoms with Gasteiger partial charge in [-0.05, 0) is 18.9 Å². The zero-order valence-electron chi connectivity index (χ0n) is 8.44. The summed E-state index contributed by atoms with van der Waals surface area (Å²) in [5, 5.41) is 8.96. The van der Waals surface area contributed by atoms with Gasteiger partial charge in [0.2, 0.25) is 0 Å². The lowest BCUT2D eigenvalue weighted by atomic mass is 10.1. The van der Waals surface area contributed by atoms with Gasteiger partial charge in [0.05, 0.1) is 5.02 Å². The summed E-state index contributed by atoms with van der Waals surface area (Å²) in [6, 6.07) is 3.13. The lowest BCUT2D eigenvalue weighted by molar-refractivity contribution is -0.139. The Hall–Kier alpha value is -1.81. The van der Waals surface area contributed by atoms with Crippen LogP contribution in [0.3, 0.4) is 0 Å². The molecule has 16 heavy (non-hydrogen) atoms. The molecule has 84 valence electrons. The fourth-order valence-corrected chi connectivity index (χ4v) is 1.41. The highest BCUT2D eigenvalue weighted by atomic mass is 35.5. The van der Waals surface area contributed by atoms with Crippen molar-refractivity contribution in [1.29, 1.82) is 0 Å². The van der Waals surface area contributed by atoms with E-state index < -0.39 is 12.6 Å². The minimum atomic E-state index is -1.06. The summed E-state index contributed by atoms with van der Waals surface area (Å²) in [5.74, 6) is -0.748. The summed E-state index contributed by atoms with van der Waals surface area (Å²) in [4.78, 5) is 14.1. The quantitative estimate of drug-likeness (QED) is 0.804. The second-order valence-electron chi connectivity index (χ2n) is 2.85. The number of carboxylic acid groups (broad SMARTS) is 1. The molecule has 0 unspecified atom stereocenters. The molecular weight excluding hydrogens is 230 g/mol. The van der Waals surface area contributed by atoms with Crippen molar-refractivity contribution in [2.45, 2.75) is 0 Å². The number of aliphatic imine (C=N–C) groups is 1. The molecular formula is C11H10ClNO3. The molecule has 0 atom stereocenters. The van der Waals surface area contributed by atoms with Crippen LogP contribution in [0.4, 0.5) is 5.69 Å². The molecule has 1 N–H and O–H groups in total. The van der Waals surface area contributed by atoms with Gasteiger partial charge >= 0.3 is 5.97 Å². The standard InChI is InChI=1S/C11H10ClNO3/c1-3-7-8(12)4-5-9(11(7)13-2)16-6-10(14)15/h3-5H,1-2,6H2,(H,14,15). The maximum absolute atomic E-state index is 10.4. The fourth-order valence-electron chi connectivity index (χ4n) is 1.18. The summed E-state index contributed by atoms with van der Waals surface area (Å²) in [5.41, 5.74) is 0.961. The first-order valence-electron chi connectivity index (χ1n) is 4.36. The minimum Gasteiger partial charge on any atom is -0.480 e. The number of hydrogen-bond acceptors (Lipinski definition) is 3. The lowest BCUT2D eigenvalue weighted by Crippen LogP contribution is -2.09. The first kappa shape index (κ1) is 12.3. The van der Waals surface area contributed by atoms with Crippen molar-refractivity contribution in [3.05, 3.63) is 29.3 Å². The number of ether oxygens (including phenoxy) is 1. The number of rotatable bonds is 5. The summed E-state index contributed by atoms with van der Waals surface area (Å²) < 4.78 is 5.05. The topological polar surface area (TPSA) is 58.9 Å². The van der Waals surface area contributed by atoms with Crippen LogP contribution in [-0.4, -0.2) is 24.4 Å². The third-order valence-corrected chi connectivity index (χ3v) is 2.17. The number of carbonyl (C=O) groups is 1.